The standard InChI is InChI=1S/C10H15NO4/c1-14-9-3-6(8(13)5-11)7(12)4-10(9)15-2/h3-4,8,12-13H,5,11H2,1-2H3. The average molecular weight is 213 g/mol. The van der Waals surface area contributed by atoms with E-state index in [9.17, 15) is 10.2 Å². The second-order valence-electron chi connectivity index (χ2n) is 3.02. The molecule has 4 N–H and O–H groups in total. The first-order chi connectivity index (χ1) is 7.13. The maximum atomic E-state index is 9.59. The second kappa shape index (κ2) is 4.86. The van der Waals surface area contributed by atoms with Crippen LogP contribution in [-0.2, 0) is 0 Å². The number of methoxy groups -OCH3 is 2. The van der Waals surface area contributed by atoms with Gasteiger partial charge in [-0.1, -0.05) is 0 Å². The third-order valence-corrected chi connectivity index (χ3v) is 2.12. The molecule has 0 radical (unpaired) electrons. The summed E-state index contributed by atoms with van der Waals surface area (Å²) >= 11 is 0. The molecule has 0 amide bonds. The van der Waals surface area contributed by atoms with Gasteiger partial charge < -0.3 is 25.4 Å². The minimum Gasteiger partial charge on any atom is -0.507 e. The molecule has 84 valence electrons. The minimum atomic E-state index is -0.912. The summed E-state index contributed by atoms with van der Waals surface area (Å²) in [7, 11) is 2.95. The van der Waals surface area contributed by atoms with Crippen LogP contribution in [0.1, 0.15) is 11.7 Å². The number of aliphatic hydroxyl groups excluding tert-OH is 1. The van der Waals surface area contributed by atoms with Gasteiger partial charge in [-0.25, -0.2) is 0 Å². The van der Waals surface area contributed by atoms with Crippen LogP contribution in [0.2, 0.25) is 0 Å². The molecule has 0 bridgehead atoms. The van der Waals surface area contributed by atoms with Crippen LogP contribution in [0.3, 0.4) is 0 Å². The monoisotopic (exact) mass is 213 g/mol. The van der Waals surface area contributed by atoms with Gasteiger partial charge >= 0.3 is 0 Å². The molecule has 0 aliphatic carbocycles. The first kappa shape index (κ1) is 11.6. The normalized spacial score (nSPS) is 12.3. The van der Waals surface area contributed by atoms with Crippen LogP contribution in [0.4, 0.5) is 0 Å². The van der Waals surface area contributed by atoms with Gasteiger partial charge in [0.05, 0.1) is 20.3 Å². The Balaban J connectivity index is 3.19. The lowest BCUT2D eigenvalue weighted by Gasteiger charge is -2.14. The van der Waals surface area contributed by atoms with Crippen molar-refractivity contribution in [1.82, 2.24) is 0 Å². The lowest BCUT2D eigenvalue weighted by molar-refractivity contribution is 0.182. The molecule has 0 saturated heterocycles. The Morgan fingerprint density at radius 1 is 1.27 bits per heavy atom. The largest absolute Gasteiger partial charge is 0.507 e. The Morgan fingerprint density at radius 2 is 1.80 bits per heavy atom. The number of phenols is 1. The van der Waals surface area contributed by atoms with Crippen LogP contribution in [0.15, 0.2) is 12.1 Å². The molecule has 0 saturated carbocycles. The molecule has 5 nitrogen and oxygen atoms in total. The van der Waals surface area contributed by atoms with Crippen LogP contribution in [0.5, 0.6) is 17.2 Å². The lowest BCUT2D eigenvalue weighted by Crippen LogP contribution is -2.11. The maximum Gasteiger partial charge on any atom is 0.164 e. The van der Waals surface area contributed by atoms with E-state index in [1.807, 2.05) is 0 Å². The summed E-state index contributed by atoms with van der Waals surface area (Å²) in [5, 5.41) is 19.1. The molecular formula is C10H15NO4. The summed E-state index contributed by atoms with van der Waals surface area (Å²) < 4.78 is 10.0. The third kappa shape index (κ3) is 2.31. The van der Waals surface area contributed by atoms with E-state index in [1.165, 1.54) is 26.4 Å². The molecule has 1 rings (SSSR count). The molecular weight excluding hydrogens is 198 g/mol. The molecule has 0 fully saturated rings. The highest BCUT2D eigenvalue weighted by atomic mass is 16.5. The molecule has 0 aromatic heterocycles. The van der Waals surface area contributed by atoms with E-state index in [4.69, 9.17) is 15.2 Å². The highest BCUT2D eigenvalue weighted by Crippen LogP contribution is 2.36. The fourth-order valence-electron chi connectivity index (χ4n) is 1.28. The third-order valence-electron chi connectivity index (χ3n) is 2.12. The van der Waals surface area contributed by atoms with Crippen molar-refractivity contribution >= 4 is 0 Å². The smallest absolute Gasteiger partial charge is 0.164 e. The van der Waals surface area contributed by atoms with Gasteiger partial charge in [-0.05, 0) is 6.07 Å². The molecule has 0 aliphatic heterocycles. The zero-order chi connectivity index (χ0) is 11.4. The Bertz CT molecular complexity index is 340. The van der Waals surface area contributed by atoms with Crippen LogP contribution >= 0.6 is 0 Å². The van der Waals surface area contributed by atoms with Crippen molar-refractivity contribution in [3.63, 3.8) is 0 Å². The Labute approximate surface area is 88.0 Å². The molecule has 0 aliphatic rings. The van der Waals surface area contributed by atoms with Crippen LogP contribution in [-0.4, -0.2) is 31.0 Å². The number of benzene rings is 1. The van der Waals surface area contributed by atoms with Crippen molar-refractivity contribution in [2.45, 2.75) is 6.10 Å². The van der Waals surface area contributed by atoms with Crippen molar-refractivity contribution in [3.8, 4) is 17.2 Å². The number of phenolic OH excluding ortho intramolecular Hbond substituents is 1. The topological polar surface area (TPSA) is 84.9 Å². The van der Waals surface area contributed by atoms with Crippen molar-refractivity contribution in [2.75, 3.05) is 20.8 Å². The number of aliphatic hydroxyl groups is 1. The maximum absolute atomic E-state index is 9.59. The van der Waals surface area contributed by atoms with E-state index in [1.54, 1.807) is 0 Å². The summed E-state index contributed by atoms with van der Waals surface area (Å²) in [6, 6.07) is 2.89. The van der Waals surface area contributed by atoms with Gasteiger partial charge in [0.15, 0.2) is 11.5 Å². The quantitative estimate of drug-likeness (QED) is 0.674. The van der Waals surface area contributed by atoms with Gasteiger partial charge in [-0.3, -0.25) is 0 Å². The Kier molecular flexibility index (Phi) is 3.76. The van der Waals surface area contributed by atoms with Gasteiger partial charge in [0.25, 0.3) is 0 Å². The first-order valence-corrected chi connectivity index (χ1v) is 4.47. The van der Waals surface area contributed by atoms with E-state index in [2.05, 4.69) is 0 Å². The van der Waals surface area contributed by atoms with Gasteiger partial charge in [-0.15, -0.1) is 0 Å². The van der Waals surface area contributed by atoms with E-state index in [-0.39, 0.29) is 12.3 Å². The summed E-state index contributed by atoms with van der Waals surface area (Å²) in [6.45, 7) is 0.0308. The van der Waals surface area contributed by atoms with Crippen LogP contribution < -0.4 is 15.2 Å². The summed E-state index contributed by atoms with van der Waals surface area (Å²) in [5.41, 5.74) is 5.63. The van der Waals surface area contributed by atoms with Gasteiger partial charge in [0, 0.05) is 18.2 Å². The second-order valence-corrected chi connectivity index (χ2v) is 3.02. The summed E-state index contributed by atoms with van der Waals surface area (Å²) in [6.07, 6.45) is -0.912. The molecule has 1 aromatic rings. The number of hydrogen-bond donors (Lipinski definition) is 3. The zero-order valence-electron chi connectivity index (χ0n) is 8.73. The summed E-state index contributed by atoms with van der Waals surface area (Å²) in [4.78, 5) is 0. The van der Waals surface area contributed by atoms with E-state index in [0.717, 1.165) is 0 Å². The van der Waals surface area contributed by atoms with Crippen molar-refractivity contribution < 1.29 is 19.7 Å². The van der Waals surface area contributed by atoms with Crippen LogP contribution in [0.25, 0.3) is 0 Å². The lowest BCUT2D eigenvalue weighted by atomic mass is 10.1. The van der Waals surface area contributed by atoms with Gasteiger partial charge in [-0.2, -0.15) is 0 Å². The molecule has 0 heterocycles. The van der Waals surface area contributed by atoms with E-state index >= 15 is 0 Å². The number of rotatable bonds is 4. The highest BCUT2D eigenvalue weighted by molar-refractivity contribution is 5.50. The van der Waals surface area contributed by atoms with Crippen molar-refractivity contribution in [1.29, 1.82) is 0 Å². The molecule has 1 unspecified atom stereocenters. The zero-order valence-corrected chi connectivity index (χ0v) is 8.73. The molecule has 1 aromatic carbocycles. The number of nitrogens with two attached hydrogens (primary N) is 1. The Morgan fingerprint density at radius 3 is 2.27 bits per heavy atom. The molecule has 1 atom stereocenters. The molecule has 15 heavy (non-hydrogen) atoms. The van der Waals surface area contributed by atoms with Crippen molar-refractivity contribution in [2.24, 2.45) is 5.73 Å². The highest BCUT2D eigenvalue weighted by Gasteiger charge is 2.15. The van der Waals surface area contributed by atoms with Gasteiger partial charge in [0.2, 0.25) is 0 Å². The number of hydrogen-bond acceptors (Lipinski definition) is 5. The fraction of sp³-hybridized carbons (Fsp3) is 0.400. The minimum absolute atomic E-state index is 0.0308. The fourth-order valence-corrected chi connectivity index (χ4v) is 1.28. The van der Waals surface area contributed by atoms with E-state index < -0.39 is 6.10 Å². The SMILES string of the molecule is COc1cc(O)c(C(O)CN)cc1OC. The van der Waals surface area contributed by atoms with Crippen molar-refractivity contribution in [3.05, 3.63) is 17.7 Å². The molecule has 5 heteroatoms. The predicted octanol–water partition coefficient (Wildman–Crippen LogP) is 0.401. The predicted molar refractivity (Wildman–Crippen MR) is 55.2 cm³/mol. The first-order valence-electron chi connectivity index (χ1n) is 4.47. The van der Waals surface area contributed by atoms with Crippen LogP contribution in [0, 0.1) is 0 Å². The average Bonchev–Trinajstić information content (AvgIpc) is 2.27. The van der Waals surface area contributed by atoms with Gasteiger partial charge in [0.1, 0.15) is 5.75 Å². The Hall–Kier alpha value is -1.46. The van der Waals surface area contributed by atoms with E-state index in [0.29, 0.717) is 17.1 Å². The number of ether oxygens (including phenoxy) is 2. The summed E-state index contributed by atoms with van der Waals surface area (Å²) in [5.74, 6) is 0.784. The number of aromatic hydroxyl groups is 1. The molecule has 0 spiro atoms.